The molecule has 3 aromatic rings. The molecule has 1 saturated heterocycles. The molecule has 0 saturated carbocycles. The lowest BCUT2D eigenvalue weighted by atomic mass is 9.86. The van der Waals surface area contributed by atoms with E-state index in [2.05, 4.69) is 14.9 Å². The van der Waals surface area contributed by atoms with E-state index in [1.54, 1.807) is 67.1 Å². The molecule has 0 bridgehead atoms. The van der Waals surface area contributed by atoms with Gasteiger partial charge in [-0.1, -0.05) is 60.7 Å². The van der Waals surface area contributed by atoms with Gasteiger partial charge in [-0.05, 0) is 43.5 Å². The Bertz CT molecular complexity index is 937. The number of hydrogen-bond donors (Lipinski definition) is 1. The summed E-state index contributed by atoms with van der Waals surface area (Å²) in [6.07, 6.45) is 8.18. The van der Waals surface area contributed by atoms with Gasteiger partial charge in [0.15, 0.2) is 0 Å². The quantitative estimate of drug-likeness (QED) is 0.523. The van der Waals surface area contributed by atoms with Crippen LogP contribution in [0.2, 0.25) is 0 Å². The maximum Gasteiger partial charge on any atom is 0.347 e. The average Bonchev–Trinajstić information content (AvgIpc) is 3.37. The third kappa shape index (κ3) is 5.03. The predicted molar refractivity (Wildman–Crippen MR) is 122 cm³/mol. The lowest BCUT2D eigenvalue weighted by Gasteiger charge is -2.28. The number of hydrogen-bond acceptors (Lipinski definition) is 6. The average molecular weight is 432 g/mol. The van der Waals surface area contributed by atoms with E-state index in [9.17, 15) is 9.90 Å². The van der Waals surface area contributed by atoms with Crippen LogP contribution in [0, 0.1) is 0 Å². The van der Waals surface area contributed by atoms with Gasteiger partial charge in [0, 0.05) is 31.1 Å². The van der Waals surface area contributed by atoms with Gasteiger partial charge in [-0.2, -0.15) is 0 Å². The standard InChI is InChI=1S/C26H29N3O3/c30-25(26(31,22-9-3-1-4-10-22)23-11-5-2-6-12-23)32-18-13-21(20-29-16-7-8-17-29)24-19-27-14-15-28-24/h1-6,9-12,14-15,19,21,31H,7-8,13,16-18,20H2/t21-/m0/s1. The van der Waals surface area contributed by atoms with Crippen LogP contribution in [0.4, 0.5) is 0 Å². The largest absolute Gasteiger partial charge is 0.463 e. The highest BCUT2D eigenvalue weighted by atomic mass is 16.5. The first-order valence-corrected chi connectivity index (χ1v) is 11.2. The number of aliphatic hydroxyl groups is 1. The number of esters is 1. The molecule has 1 aliphatic rings. The van der Waals surface area contributed by atoms with E-state index < -0.39 is 11.6 Å². The van der Waals surface area contributed by atoms with E-state index in [4.69, 9.17) is 4.74 Å². The van der Waals surface area contributed by atoms with E-state index in [0.717, 1.165) is 25.3 Å². The van der Waals surface area contributed by atoms with Gasteiger partial charge in [0.25, 0.3) is 0 Å². The van der Waals surface area contributed by atoms with Gasteiger partial charge in [0.05, 0.1) is 12.3 Å². The third-order valence-electron chi connectivity index (χ3n) is 6.06. The number of benzene rings is 2. The van der Waals surface area contributed by atoms with E-state index >= 15 is 0 Å². The highest BCUT2D eigenvalue weighted by molar-refractivity contribution is 5.85. The summed E-state index contributed by atoms with van der Waals surface area (Å²) < 4.78 is 5.68. The Hall–Kier alpha value is -3.09. The lowest BCUT2D eigenvalue weighted by molar-refractivity contribution is -0.162. The summed E-state index contributed by atoms with van der Waals surface area (Å²) in [5, 5.41) is 11.5. The highest BCUT2D eigenvalue weighted by Gasteiger charge is 2.41. The predicted octanol–water partition coefficient (Wildman–Crippen LogP) is 3.53. The van der Waals surface area contributed by atoms with Crippen molar-refractivity contribution in [2.24, 2.45) is 0 Å². The van der Waals surface area contributed by atoms with Crippen molar-refractivity contribution in [3.8, 4) is 0 Å². The first-order chi connectivity index (χ1) is 15.7. The highest BCUT2D eigenvalue weighted by Crippen LogP contribution is 2.31. The minimum absolute atomic E-state index is 0.108. The molecule has 1 N–H and O–H groups in total. The molecule has 2 heterocycles. The van der Waals surface area contributed by atoms with Crippen LogP contribution in [0.25, 0.3) is 0 Å². The smallest absolute Gasteiger partial charge is 0.347 e. The number of carbonyl (C=O) groups is 1. The summed E-state index contributed by atoms with van der Waals surface area (Å²) in [6.45, 7) is 3.21. The molecule has 6 heteroatoms. The van der Waals surface area contributed by atoms with Crippen molar-refractivity contribution >= 4 is 5.97 Å². The number of aromatic nitrogens is 2. The van der Waals surface area contributed by atoms with Crippen molar-refractivity contribution in [2.45, 2.75) is 30.8 Å². The molecule has 1 aromatic heterocycles. The fourth-order valence-electron chi connectivity index (χ4n) is 4.29. The summed E-state index contributed by atoms with van der Waals surface area (Å²) in [5.41, 5.74) is 0.00815. The van der Waals surface area contributed by atoms with Crippen LogP contribution >= 0.6 is 0 Å². The molecule has 0 amide bonds. The monoisotopic (exact) mass is 431 g/mol. The van der Waals surface area contributed by atoms with Crippen LogP contribution in [0.3, 0.4) is 0 Å². The summed E-state index contributed by atoms with van der Waals surface area (Å²) >= 11 is 0. The van der Waals surface area contributed by atoms with E-state index in [0.29, 0.717) is 17.5 Å². The van der Waals surface area contributed by atoms with Crippen molar-refractivity contribution in [3.05, 3.63) is 96.1 Å². The van der Waals surface area contributed by atoms with Gasteiger partial charge >= 0.3 is 5.97 Å². The first kappa shape index (κ1) is 22.1. The topological polar surface area (TPSA) is 75.5 Å². The van der Waals surface area contributed by atoms with E-state index in [-0.39, 0.29) is 12.5 Å². The molecule has 6 nitrogen and oxygen atoms in total. The second-order valence-corrected chi connectivity index (χ2v) is 8.20. The molecule has 0 radical (unpaired) electrons. The van der Waals surface area contributed by atoms with Crippen LogP contribution in [0.15, 0.2) is 79.3 Å². The number of nitrogens with zero attached hydrogens (tertiary/aromatic N) is 3. The maximum atomic E-state index is 13.2. The summed E-state index contributed by atoms with van der Waals surface area (Å²) in [4.78, 5) is 24.3. The maximum absolute atomic E-state index is 13.2. The van der Waals surface area contributed by atoms with E-state index in [1.165, 1.54) is 12.8 Å². The molecule has 2 aromatic carbocycles. The van der Waals surface area contributed by atoms with Crippen LogP contribution in [-0.2, 0) is 15.1 Å². The Morgan fingerprint density at radius 3 is 2.19 bits per heavy atom. The fourth-order valence-corrected chi connectivity index (χ4v) is 4.29. The molecule has 1 fully saturated rings. The normalized spacial score (nSPS) is 15.4. The lowest BCUT2D eigenvalue weighted by Crippen LogP contribution is -2.39. The van der Waals surface area contributed by atoms with Crippen molar-refractivity contribution in [2.75, 3.05) is 26.2 Å². The molecule has 32 heavy (non-hydrogen) atoms. The Morgan fingerprint density at radius 2 is 1.62 bits per heavy atom. The Balaban J connectivity index is 1.48. The molecule has 0 unspecified atom stereocenters. The SMILES string of the molecule is O=C(OCC[C@@H](CN1CCCC1)c1cnccn1)C(O)(c1ccccc1)c1ccccc1. The molecule has 0 aliphatic carbocycles. The Labute approximate surface area is 188 Å². The Kier molecular flexibility index (Phi) is 7.24. The van der Waals surface area contributed by atoms with Gasteiger partial charge in [0.1, 0.15) is 0 Å². The second kappa shape index (κ2) is 10.5. The third-order valence-corrected chi connectivity index (χ3v) is 6.06. The zero-order chi connectivity index (χ0) is 22.2. The molecule has 0 spiro atoms. The van der Waals surface area contributed by atoms with Gasteiger partial charge in [-0.15, -0.1) is 0 Å². The Morgan fingerprint density at radius 1 is 1.00 bits per heavy atom. The van der Waals surface area contributed by atoms with E-state index in [1.807, 2.05) is 12.1 Å². The number of ether oxygens (including phenoxy) is 1. The van der Waals surface area contributed by atoms with Gasteiger partial charge < -0.3 is 14.7 Å². The molecule has 4 rings (SSSR count). The molecule has 1 aliphatic heterocycles. The van der Waals surface area contributed by atoms with Crippen molar-refractivity contribution in [3.63, 3.8) is 0 Å². The summed E-state index contributed by atoms with van der Waals surface area (Å²) in [7, 11) is 0. The molecule has 166 valence electrons. The van der Waals surface area contributed by atoms with Crippen LogP contribution in [0.1, 0.15) is 42.0 Å². The summed E-state index contributed by atoms with van der Waals surface area (Å²) in [5.74, 6) is -0.565. The van der Waals surface area contributed by atoms with Crippen LogP contribution in [-0.4, -0.2) is 52.2 Å². The molecular weight excluding hydrogens is 402 g/mol. The zero-order valence-electron chi connectivity index (χ0n) is 18.1. The van der Waals surface area contributed by atoms with Crippen molar-refractivity contribution in [1.82, 2.24) is 14.9 Å². The van der Waals surface area contributed by atoms with Crippen molar-refractivity contribution < 1.29 is 14.6 Å². The van der Waals surface area contributed by atoms with Crippen molar-refractivity contribution in [1.29, 1.82) is 0 Å². The first-order valence-electron chi connectivity index (χ1n) is 11.2. The number of likely N-dealkylation sites (tertiary alicyclic amines) is 1. The van der Waals surface area contributed by atoms with Crippen LogP contribution in [0.5, 0.6) is 0 Å². The van der Waals surface area contributed by atoms with Gasteiger partial charge in [-0.3, -0.25) is 9.97 Å². The van der Waals surface area contributed by atoms with Gasteiger partial charge in [0.2, 0.25) is 5.60 Å². The number of carbonyl (C=O) groups excluding carboxylic acids is 1. The summed E-state index contributed by atoms with van der Waals surface area (Å²) in [6, 6.07) is 17.9. The molecule has 1 atom stereocenters. The molecular formula is C26H29N3O3. The zero-order valence-corrected chi connectivity index (χ0v) is 18.1. The minimum Gasteiger partial charge on any atom is -0.463 e. The van der Waals surface area contributed by atoms with Crippen LogP contribution < -0.4 is 0 Å². The van der Waals surface area contributed by atoms with Gasteiger partial charge in [-0.25, -0.2) is 4.79 Å². The minimum atomic E-state index is -1.86. The number of rotatable bonds is 9. The fraction of sp³-hybridized carbons (Fsp3) is 0.346. The second-order valence-electron chi connectivity index (χ2n) is 8.20.